The minimum Gasteiger partial charge on any atom is -0.480 e. The number of hydrogen-bond donors (Lipinski definition) is 2. The summed E-state index contributed by atoms with van der Waals surface area (Å²) in [5.41, 5.74) is 0.00972. The van der Waals surface area contributed by atoms with Crippen molar-refractivity contribution < 1.29 is 27.9 Å². The normalized spacial score (nSPS) is 20.0. The Morgan fingerprint density at radius 1 is 1.19 bits per heavy atom. The van der Waals surface area contributed by atoms with Crippen molar-refractivity contribution in [3.05, 3.63) is 65.5 Å². The Balaban J connectivity index is 1.68. The van der Waals surface area contributed by atoms with E-state index in [-0.39, 0.29) is 18.4 Å². The number of aromatic nitrogens is 1. The van der Waals surface area contributed by atoms with E-state index in [0.717, 1.165) is 6.07 Å². The summed E-state index contributed by atoms with van der Waals surface area (Å²) in [6.07, 6.45) is -1.13. The number of carbonyl (C=O) groups excluding carboxylic acids is 1. The lowest BCUT2D eigenvalue weighted by molar-refractivity contribution is -0.142. The van der Waals surface area contributed by atoms with E-state index in [0.29, 0.717) is 5.56 Å². The van der Waals surface area contributed by atoms with Crippen LogP contribution in [0, 0.1) is 5.92 Å². The number of pyridine rings is 1. The van der Waals surface area contributed by atoms with Crippen molar-refractivity contribution in [2.24, 2.45) is 5.92 Å². The molecular weight excluding hydrogens is 361 g/mol. The maximum absolute atomic E-state index is 13.1. The highest BCUT2D eigenvalue weighted by Crippen LogP contribution is 2.51. The highest BCUT2D eigenvalue weighted by molar-refractivity contribution is 5.87. The van der Waals surface area contributed by atoms with Gasteiger partial charge in [-0.1, -0.05) is 18.2 Å². The number of carbonyl (C=O) groups is 2. The summed E-state index contributed by atoms with van der Waals surface area (Å²) in [7, 11) is 0. The summed E-state index contributed by atoms with van der Waals surface area (Å²) in [6, 6.07) is 7.29. The van der Waals surface area contributed by atoms with E-state index in [9.17, 15) is 27.9 Å². The lowest BCUT2D eigenvalue weighted by atomic mass is 10.0. The van der Waals surface area contributed by atoms with Crippen LogP contribution in [0.5, 0.6) is 0 Å². The average molecular weight is 378 g/mol. The van der Waals surface area contributed by atoms with Crippen molar-refractivity contribution in [1.29, 1.82) is 0 Å². The first-order valence-electron chi connectivity index (χ1n) is 8.35. The number of aliphatic carboxylic acids is 1. The van der Waals surface area contributed by atoms with E-state index in [4.69, 9.17) is 0 Å². The van der Waals surface area contributed by atoms with Crippen molar-refractivity contribution in [1.82, 2.24) is 10.3 Å². The third kappa shape index (κ3) is 4.45. The molecule has 5 nitrogen and oxygen atoms in total. The molecule has 142 valence electrons. The Bertz CT molecular complexity index is 840. The number of hydrogen-bond acceptors (Lipinski definition) is 3. The second-order valence-corrected chi connectivity index (χ2v) is 6.49. The van der Waals surface area contributed by atoms with Crippen LogP contribution >= 0.6 is 0 Å². The third-order valence-corrected chi connectivity index (χ3v) is 4.60. The maximum Gasteiger partial charge on any atom is 0.416 e. The fraction of sp³-hybridized carbons (Fsp3) is 0.316. The van der Waals surface area contributed by atoms with Gasteiger partial charge in [-0.25, -0.2) is 4.79 Å². The topological polar surface area (TPSA) is 79.3 Å². The van der Waals surface area contributed by atoms with Crippen LogP contribution in [0.15, 0.2) is 48.8 Å². The summed E-state index contributed by atoms with van der Waals surface area (Å²) >= 11 is 0. The lowest BCUT2D eigenvalue weighted by Crippen LogP contribution is -2.43. The van der Waals surface area contributed by atoms with Gasteiger partial charge in [0.05, 0.1) is 5.56 Å². The summed E-state index contributed by atoms with van der Waals surface area (Å²) in [5, 5.41) is 11.8. The molecule has 1 aromatic heterocycles. The maximum atomic E-state index is 13.1. The highest BCUT2D eigenvalue weighted by Gasteiger charge is 2.48. The Labute approximate surface area is 153 Å². The average Bonchev–Trinajstić information content (AvgIpc) is 3.42. The number of nitrogens with one attached hydrogen (secondary N) is 1. The molecule has 1 heterocycles. The van der Waals surface area contributed by atoms with Crippen LogP contribution < -0.4 is 5.32 Å². The van der Waals surface area contributed by atoms with Crippen molar-refractivity contribution >= 4 is 11.9 Å². The van der Waals surface area contributed by atoms with Gasteiger partial charge in [-0.05, 0) is 41.7 Å². The summed E-state index contributed by atoms with van der Waals surface area (Å²) < 4.78 is 39.4. The molecule has 2 N–H and O–H groups in total. The van der Waals surface area contributed by atoms with Gasteiger partial charge in [0.25, 0.3) is 0 Å². The molecule has 0 aliphatic heterocycles. The van der Waals surface area contributed by atoms with Crippen LogP contribution in [0.1, 0.15) is 29.0 Å². The summed E-state index contributed by atoms with van der Waals surface area (Å²) in [4.78, 5) is 27.7. The molecule has 27 heavy (non-hydrogen) atoms. The third-order valence-electron chi connectivity index (χ3n) is 4.60. The van der Waals surface area contributed by atoms with Gasteiger partial charge >= 0.3 is 12.1 Å². The van der Waals surface area contributed by atoms with Gasteiger partial charge in [-0.3, -0.25) is 9.78 Å². The number of carboxylic acids is 1. The molecule has 2 aromatic rings. The Hall–Kier alpha value is -2.90. The standard InChI is InChI=1S/C19H17F3N2O3/c20-19(21,22)15-4-2-1-3-12(15)13-10-14(13)17(25)24-16(18(26)27)9-11-5-7-23-8-6-11/h1-8,13-14,16H,9-10H2,(H,24,25)(H,26,27)/t13-,14+,16+/m0/s1. The molecule has 1 saturated carbocycles. The SMILES string of the molecule is O=C(O)[C@@H](Cc1ccncc1)NC(=O)[C@@H]1C[C@H]1c1ccccc1C(F)(F)F. The minimum absolute atomic E-state index is 0.0696. The quantitative estimate of drug-likeness (QED) is 0.810. The van der Waals surface area contributed by atoms with Gasteiger partial charge in [-0.15, -0.1) is 0 Å². The fourth-order valence-electron chi connectivity index (χ4n) is 3.14. The molecule has 1 fully saturated rings. The van der Waals surface area contributed by atoms with Crippen molar-refractivity contribution in [3.8, 4) is 0 Å². The van der Waals surface area contributed by atoms with Gasteiger partial charge in [0, 0.05) is 24.7 Å². The zero-order chi connectivity index (χ0) is 19.6. The number of carboxylic acid groups (broad SMARTS) is 1. The van der Waals surface area contributed by atoms with Crippen LogP contribution in [0.2, 0.25) is 0 Å². The molecule has 0 bridgehead atoms. The van der Waals surface area contributed by atoms with E-state index >= 15 is 0 Å². The van der Waals surface area contributed by atoms with E-state index in [1.54, 1.807) is 12.1 Å². The van der Waals surface area contributed by atoms with E-state index in [1.165, 1.54) is 30.6 Å². The smallest absolute Gasteiger partial charge is 0.416 e. The Kier molecular flexibility index (Phi) is 5.16. The highest BCUT2D eigenvalue weighted by atomic mass is 19.4. The van der Waals surface area contributed by atoms with Crippen molar-refractivity contribution in [2.45, 2.75) is 31.0 Å². The number of alkyl halides is 3. The van der Waals surface area contributed by atoms with E-state index in [2.05, 4.69) is 10.3 Å². The summed E-state index contributed by atoms with van der Waals surface area (Å²) in [5.74, 6) is -2.96. The molecule has 3 rings (SSSR count). The van der Waals surface area contributed by atoms with Crippen LogP contribution in [0.3, 0.4) is 0 Å². The fourth-order valence-corrected chi connectivity index (χ4v) is 3.14. The minimum atomic E-state index is -4.49. The predicted molar refractivity (Wildman–Crippen MR) is 89.8 cm³/mol. The number of nitrogens with zero attached hydrogens (tertiary/aromatic N) is 1. The summed E-state index contributed by atoms with van der Waals surface area (Å²) in [6.45, 7) is 0. The molecule has 3 atom stereocenters. The number of halogens is 3. The van der Waals surface area contributed by atoms with Gasteiger partial charge < -0.3 is 10.4 Å². The van der Waals surface area contributed by atoms with Crippen molar-refractivity contribution in [2.75, 3.05) is 0 Å². The molecule has 1 aliphatic carbocycles. The molecule has 1 amide bonds. The monoisotopic (exact) mass is 378 g/mol. The van der Waals surface area contributed by atoms with E-state index < -0.39 is 41.5 Å². The zero-order valence-corrected chi connectivity index (χ0v) is 14.1. The first-order chi connectivity index (χ1) is 12.8. The molecule has 0 spiro atoms. The van der Waals surface area contributed by atoms with Crippen LogP contribution in [-0.2, 0) is 22.2 Å². The largest absolute Gasteiger partial charge is 0.480 e. The molecule has 0 saturated heterocycles. The molecule has 1 aliphatic rings. The van der Waals surface area contributed by atoms with Crippen LogP contribution in [-0.4, -0.2) is 28.0 Å². The first kappa shape index (κ1) is 18.9. The molecule has 1 aromatic carbocycles. The second kappa shape index (κ2) is 7.38. The molecular formula is C19H17F3N2O3. The molecule has 0 radical (unpaired) electrons. The zero-order valence-electron chi connectivity index (χ0n) is 14.1. The molecule has 0 unspecified atom stereocenters. The van der Waals surface area contributed by atoms with Crippen molar-refractivity contribution in [3.63, 3.8) is 0 Å². The van der Waals surface area contributed by atoms with Gasteiger partial charge in [0.15, 0.2) is 0 Å². The number of benzene rings is 1. The van der Waals surface area contributed by atoms with Gasteiger partial charge in [0.1, 0.15) is 6.04 Å². The molecule has 8 heteroatoms. The van der Waals surface area contributed by atoms with Crippen LogP contribution in [0.4, 0.5) is 13.2 Å². The van der Waals surface area contributed by atoms with Gasteiger partial charge in [-0.2, -0.15) is 13.2 Å². The Morgan fingerprint density at radius 3 is 2.48 bits per heavy atom. The Morgan fingerprint density at radius 2 is 1.85 bits per heavy atom. The second-order valence-electron chi connectivity index (χ2n) is 6.49. The van der Waals surface area contributed by atoms with Crippen LogP contribution in [0.25, 0.3) is 0 Å². The number of amides is 1. The van der Waals surface area contributed by atoms with E-state index in [1.807, 2.05) is 0 Å². The first-order valence-corrected chi connectivity index (χ1v) is 8.35. The predicted octanol–water partition coefficient (Wildman–Crippen LogP) is 3.02. The van der Waals surface area contributed by atoms with Gasteiger partial charge in [0.2, 0.25) is 5.91 Å². The number of rotatable bonds is 6. The lowest BCUT2D eigenvalue weighted by Gasteiger charge is -2.15.